The van der Waals surface area contributed by atoms with Crippen molar-refractivity contribution < 1.29 is 0 Å². The molecular weight excluding hydrogens is 220 g/mol. The van der Waals surface area contributed by atoms with Crippen LogP contribution in [0.2, 0.25) is 0 Å². The molecule has 0 aromatic rings. The second kappa shape index (κ2) is 6.63. The lowest BCUT2D eigenvalue weighted by Crippen LogP contribution is -2.58. The molecule has 0 bridgehead atoms. The van der Waals surface area contributed by atoms with Crippen LogP contribution < -0.4 is 5.32 Å². The lowest BCUT2D eigenvalue weighted by molar-refractivity contribution is 0.107. The summed E-state index contributed by atoms with van der Waals surface area (Å²) in [4.78, 5) is 2.48. The molecular formula is C13H25ClN2. The summed E-state index contributed by atoms with van der Waals surface area (Å²) in [5.41, 5.74) is 0. The highest BCUT2D eigenvalue weighted by atomic mass is 35.5. The zero-order chi connectivity index (χ0) is 12.1. The van der Waals surface area contributed by atoms with Crippen LogP contribution in [-0.2, 0) is 0 Å². The van der Waals surface area contributed by atoms with Crippen molar-refractivity contribution >= 4 is 11.6 Å². The van der Waals surface area contributed by atoms with Gasteiger partial charge in [0, 0.05) is 36.8 Å². The van der Waals surface area contributed by atoms with Crippen molar-refractivity contribution in [3.8, 4) is 0 Å². The first-order chi connectivity index (χ1) is 7.54. The Kier molecular flexibility index (Phi) is 5.81. The van der Waals surface area contributed by atoms with Crippen LogP contribution in [0.3, 0.4) is 0 Å². The van der Waals surface area contributed by atoms with Gasteiger partial charge >= 0.3 is 0 Å². The van der Waals surface area contributed by atoms with Crippen LogP contribution in [0.25, 0.3) is 0 Å². The minimum atomic E-state index is 0.587. The molecule has 2 unspecified atom stereocenters. The molecule has 2 nitrogen and oxygen atoms in total. The van der Waals surface area contributed by atoms with E-state index in [1.54, 1.807) is 0 Å². The van der Waals surface area contributed by atoms with Gasteiger partial charge in [0.15, 0.2) is 0 Å². The normalized spacial score (nSPS) is 27.3. The molecule has 1 N–H and O–H groups in total. The fraction of sp³-hybridized carbons (Fsp3) is 0.846. The Bertz CT molecular complexity index is 228. The monoisotopic (exact) mass is 244 g/mol. The summed E-state index contributed by atoms with van der Waals surface area (Å²) in [6, 6.07) is 1.21. The van der Waals surface area contributed by atoms with Gasteiger partial charge in [-0.15, -0.1) is 0 Å². The van der Waals surface area contributed by atoms with E-state index in [-0.39, 0.29) is 0 Å². The van der Waals surface area contributed by atoms with Gasteiger partial charge in [-0.25, -0.2) is 0 Å². The van der Waals surface area contributed by atoms with Gasteiger partial charge in [-0.1, -0.05) is 45.4 Å². The maximum Gasteiger partial charge on any atom is 0.0339 e. The van der Waals surface area contributed by atoms with E-state index in [9.17, 15) is 0 Å². The average Bonchev–Trinajstić information content (AvgIpc) is 2.16. The molecule has 1 aliphatic rings. The summed E-state index contributed by atoms with van der Waals surface area (Å²) in [6.07, 6.45) is 2.48. The quantitative estimate of drug-likeness (QED) is 0.800. The molecule has 1 heterocycles. The highest BCUT2D eigenvalue weighted by molar-refractivity contribution is 6.29. The van der Waals surface area contributed by atoms with Gasteiger partial charge in [0.05, 0.1) is 0 Å². The number of halogens is 1. The molecule has 1 saturated heterocycles. The van der Waals surface area contributed by atoms with E-state index in [2.05, 4.69) is 37.6 Å². The Hall–Kier alpha value is -0.0500. The van der Waals surface area contributed by atoms with Crippen LogP contribution in [0.4, 0.5) is 0 Å². The molecule has 94 valence electrons. The maximum absolute atomic E-state index is 5.95. The summed E-state index contributed by atoms with van der Waals surface area (Å²) in [5, 5.41) is 4.39. The average molecular weight is 245 g/mol. The molecule has 1 rings (SSSR count). The van der Waals surface area contributed by atoms with Crippen LogP contribution in [0.15, 0.2) is 11.6 Å². The lowest BCUT2D eigenvalue weighted by atomic mass is 9.97. The molecule has 0 aliphatic carbocycles. The van der Waals surface area contributed by atoms with Gasteiger partial charge < -0.3 is 5.32 Å². The van der Waals surface area contributed by atoms with Crippen molar-refractivity contribution in [3.63, 3.8) is 0 Å². The first kappa shape index (κ1) is 14.0. The predicted octanol–water partition coefficient (Wildman–Crippen LogP) is 2.84. The number of nitrogens with zero attached hydrogens (tertiary/aromatic N) is 1. The summed E-state index contributed by atoms with van der Waals surface area (Å²) < 4.78 is 0. The summed E-state index contributed by atoms with van der Waals surface area (Å²) >= 11 is 5.95. The van der Waals surface area contributed by atoms with E-state index in [4.69, 9.17) is 11.6 Å². The fourth-order valence-electron chi connectivity index (χ4n) is 2.50. The standard InChI is InChI=1S/C13H25ClN2/c1-5-6-12-9-16(8-11(4)14)13(7-15-12)10(2)3/h10,12-13,15H,4-9H2,1-3H3. The number of hydrogen-bond donors (Lipinski definition) is 1. The molecule has 0 aromatic heterocycles. The molecule has 3 heteroatoms. The zero-order valence-electron chi connectivity index (χ0n) is 10.8. The Morgan fingerprint density at radius 3 is 2.75 bits per heavy atom. The topological polar surface area (TPSA) is 15.3 Å². The third-order valence-electron chi connectivity index (χ3n) is 3.32. The molecule has 16 heavy (non-hydrogen) atoms. The van der Waals surface area contributed by atoms with Crippen molar-refractivity contribution in [2.45, 2.75) is 45.7 Å². The van der Waals surface area contributed by atoms with Crippen molar-refractivity contribution in [1.29, 1.82) is 0 Å². The Morgan fingerprint density at radius 2 is 2.25 bits per heavy atom. The Balaban J connectivity index is 2.57. The third-order valence-corrected chi connectivity index (χ3v) is 3.44. The van der Waals surface area contributed by atoms with Crippen molar-refractivity contribution in [2.75, 3.05) is 19.6 Å². The summed E-state index contributed by atoms with van der Waals surface area (Å²) in [6.45, 7) is 13.6. The number of piperazine rings is 1. The van der Waals surface area contributed by atoms with E-state index in [0.717, 1.165) is 24.7 Å². The number of hydrogen-bond acceptors (Lipinski definition) is 2. The Morgan fingerprint density at radius 1 is 1.56 bits per heavy atom. The van der Waals surface area contributed by atoms with Gasteiger partial charge in [-0.2, -0.15) is 0 Å². The second-order valence-corrected chi connectivity index (χ2v) is 5.69. The molecule has 0 spiro atoms. The van der Waals surface area contributed by atoms with Gasteiger partial charge in [0.1, 0.15) is 0 Å². The minimum Gasteiger partial charge on any atom is -0.311 e. The highest BCUT2D eigenvalue weighted by Gasteiger charge is 2.29. The van der Waals surface area contributed by atoms with Crippen LogP contribution in [-0.4, -0.2) is 36.6 Å². The maximum atomic E-state index is 5.95. The largest absolute Gasteiger partial charge is 0.311 e. The second-order valence-electron chi connectivity index (χ2n) is 5.15. The zero-order valence-corrected chi connectivity index (χ0v) is 11.6. The van der Waals surface area contributed by atoms with Crippen LogP contribution >= 0.6 is 11.6 Å². The predicted molar refractivity (Wildman–Crippen MR) is 71.9 cm³/mol. The number of nitrogens with one attached hydrogen (secondary N) is 1. The van der Waals surface area contributed by atoms with Gasteiger partial charge in [-0.3, -0.25) is 4.90 Å². The van der Waals surface area contributed by atoms with E-state index in [0.29, 0.717) is 18.0 Å². The fourth-order valence-corrected chi connectivity index (χ4v) is 2.65. The van der Waals surface area contributed by atoms with Crippen molar-refractivity contribution in [3.05, 3.63) is 11.6 Å². The van der Waals surface area contributed by atoms with Crippen molar-refractivity contribution in [1.82, 2.24) is 10.2 Å². The number of rotatable bonds is 5. The molecule has 1 fully saturated rings. The molecule has 0 aromatic carbocycles. The smallest absolute Gasteiger partial charge is 0.0339 e. The van der Waals surface area contributed by atoms with E-state index in [1.165, 1.54) is 12.8 Å². The third kappa shape index (κ3) is 4.08. The van der Waals surface area contributed by atoms with E-state index < -0.39 is 0 Å². The highest BCUT2D eigenvalue weighted by Crippen LogP contribution is 2.18. The summed E-state index contributed by atoms with van der Waals surface area (Å²) in [5.74, 6) is 0.658. The van der Waals surface area contributed by atoms with Gasteiger partial charge in [0.25, 0.3) is 0 Å². The van der Waals surface area contributed by atoms with Crippen LogP contribution in [0, 0.1) is 5.92 Å². The van der Waals surface area contributed by atoms with Crippen molar-refractivity contribution in [2.24, 2.45) is 5.92 Å². The first-order valence-electron chi connectivity index (χ1n) is 6.35. The van der Waals surface area contributed by atoms with E-state index >= 15 is 0 Å². The van der Waals surface area contributed by atoms with Gasteiger partial charge in [-0.05, 0) is 12.3 Å². The Labute approximate surface area is 105 Å². The first-order valence-corrected chi connectivity index (χ1v) is 6.73. The molecule has 0 radical (unpaired) electrons. The molecule has 2 atom stereocenters. The minimum absolute atomic E-state index is 0.587. The SMILES string of the molecule is C=C(Cl)CN1CC(CCC)NCC1C(C)C. The summed E-state index contributed by atoms with van der Waals surface area (Å²) in [7, 11) is 0. The van der Waals surface area contributed by atoms with E-state index in [1.807, 2.05) is 0 Å². The van der Waals surface area contributed by atoms with Crippen LogP contribution in [0.5, 0.6) is 0 Å². The molecule has 1 aliphatic heterocycles. The molecule has 0 saturated carbocycles. The lowest BCUT2D eigenvalue weighted by Gasteiger charge is -2.42. The van der Waals surface area contributed by atoms with Gasteiger partial charge in [0.2, 0.25) is 0 Å². The molecule has 0 amide bonds. The van der Waals surface area contributed by atoms with Crippen LogP contribution in [0.1, 0.15) is 33.6 Å².